The Labute approximate surface area is 131 Å². The lowest BCUT2D eigenvalue weighted by atomic mass is 9.95. The van der Waals surface area contributed by atoms with Crippen LogP contribution in [0, 0.1) is 0 Å². The third-order valence-corrected chi connectivity index (χ3v) is 5.57. The minimum Gasteiger partial charge on any atom is -0.354 e. The molecule has 0 aromatic rings. The Balaban J connectivity index is 1.83. The summed E-state index contributed by atoms with van der Waals surface area (Å²) >= 11 is 1.93. The molecule has 3 amide bonds. The van der Waals surface area contributed by atoms with Gasteiger partial charge in [0.05, 0.1) is 0 Å². The van der Waals surface area contributed by atoms with Gasteiger partial charge in [0.25, 0.3) is 0 Å². The zero-order chi connectivity index (χ0) is 15.1. The van der Waals surface area contributed by atoms with Crippen LogP contribution in [0.3, 0.4) is 0 Å². The molecule has 1 aliphatic carbocycles. The standard InChI is InChI=1S/C15H27N3O2S/c1-2-21-13-9-4-3-7-11(13)17-15(20)18-12-8-5-6-10-16-14(12)19/h11-13H,2-10H2,1H3,(H,16,19)(H2,17,18,20)/t11-,12+,13+/m0/s1. The van der Waals surface area contributed by atoms with Gasteiger partial charge in [-0.2, -0.15) is 11.8 Å². The second kappa shape index (κ2) is 8.51. The molecular weight excluding hydrogens is 286 g/mol. The van der Waals surface area contributed by atoms with Gasteiger partial charge in [-0.1, -0.05) is 19.8 Å². The smallest absolute Gasteiger partial charge is 0.315 e. The normalized spacial score (nSPS) is 30.1. The fourth-order valence-corrected chi connectivity index (χ4v) is 4.32. The Kier molecular flexibility index (Phi) is 6.67. The van der Waals surface area contributed by atoms with Crippen molar-refractivity contribution in [1.82, 2.24) is 16.0 Å². The second-order valence-electron chi connectivity index (χ2n) is 5.84. The number of hydrogen-bond acceptors (Lipinski definition) is 3. The molecule has 2 fully saturated rings. The first-order chi connectivity index (χ1) is 10.2. The highest BCUT2D eigenvalue weighted by Crippen LogP contribution is 2.28. The Hall–Kier alpha value is -0.910. The van der Waals surface area contributed by atoms with Crippen molar-refractivity contribution in [3.63, 3.8) is 0 Å². The highest BCUT2D eigenvalue weighted by atomic mass is 32.2. The molecular formula is C15H27N3O2S. The van der Waals surface area contributed by atoms with E-state index in [0.717, 1.165) is 38.0 Å². The molecule has 1 heterocycles. The van der Waals surface area contributed by atoms with Crippen molar-refractivity contribution in [2.24, 2.45) is 0 Å². The maximum atomic E-state index is 12.2. The molecule has 2 rings (SSSR count). The van der Waals surface area contributed by atoms with Crippen LogP contribution in [0.15, 0.2) is 0 Å². The molecule has 3 N–H and O–H groups in total. The van der Waals surface area contributed by atoms with Crippen molar-refractivity contribution in [2.45, 2.75) is 69.2 Å². The van der Waals surface area contributed by atoms with Crippen LogP contribution in [0.1, 0.15) is 51.9 Å². The lowest BCUT2D eigenvalue weighted by Crippen LogP contribution is -2.53. The molecule has 5 nitrogen and oxygen atoms in total. The van der Waals surface area contributed by atoms with Gasteiger partial charge in [0.1, 0.15) is 6.04 Å². The van der Waals surface area contributed by atoms with Crippen molar-refractivity contribution in [3.05, 3.63) is 0 Å². The number of rotatable bonds is 4. The average molecular weight is 313 g/mol. The molecule has 1 saturated carbocycles. The van der Waals surface area contributed by atoms with Crippen molar-refractivity contribution >= 4 is 23.7 Å². The summed E-state index contributed by atoms with van der Waals surface area (Å²) in [6.45, 7) is 2.88. The van der Waals surface area contributed by atoms with Crippen LogP contribution in [0.4, 0.5) is 4.79 Å². The predicted octanol–water partition coefficient (Wildman–Crippen LogP) is 2.02. The zero-order valence-electron chi connectivity index (χ0n) is 12.8. The van der Waals surface area contributed by atoms with Gasteiger partial charge in [0.15, 0.2) is 0 Å². The number of urea groups is 1. The first-order valence-corrected chi connectivity index (χ1v) is 9.22. The largest absolute Gasteiger partial charge is 0.354 e. The van der Waals surface area contributed by atoms with Crippen LogP contribution in [-0.2, 0) is 4.79 Å². The maximum Gasteiger partial charge on any atom is 0.315 e. The maximum absolute atomic E-state index is 12.2. The van der Waals surface area contributed by atoms with Gasteiger partial charge < -0.3 is 16.0 Å². The SMILES string of the molecule is CCS[C@@H]1CCCC[C@@H]1NC(=O)N[C@@H]1CCCCNC1=O. The quantitative estimate of drug-likeness (QED) is 0.743. The molecule has 0 unspecified atom stereocenters. The average Bonchev–Trinajstić information content (AvgIpc) is 2.67. The number of hydrogen-bond donors (Lipinski definition) is 3. The summed E-state index contributed by atoms with van der Waals surface area (Å²) in [5.41, 5.74) is 0. The molecule has 2 aliphatic rings. The van der Waals surface area contributed by atoms with Gasteiger partial charge in [-0.3, -0.25) is 4.79 Å². The Morgan fingerprint density at radius 2 is 1.95 bits per heavy atom. The van der Waals surface area contributed by atoms with Crippen molar-refractivity contribution in [1.29, 1.82) is 0 Å². The fraction of sp³-hybridized carbons (Fsp3) is 0.867. The zero-order valence-corrected chi connectivity index (χ0v) is 13.6. The topological polar surface area (TPSA) is 70.2 Å². The van der Waals surface area contributed by atoms with E-state index in [4.69, 9.17) is 0 Å². The minimum atomic E-state index is -0.381. The van der Waals surface area contributed by atoms with Crippen LogP contribution < -0.4 is 16.0 Å². The Bertz CT molecular complexity index is 363. The third kappa shape index (κ3) is 5.09. The lowest BCUT2D eigenvalue weighted by molar-refractivity contribution is -0.122. The number of nitrogens with one attached hydrogen (secondary N) is 3. The van der Waals surface area contributed by atoms with Crippen molar-refractivity contribution in [2.75, 3.05) is 12.3 Å². The van der Waals surface area contributed by atoms with E-state index in [1.807, 2.05) is 11.8 Å². The fourth-order valence-electron chi connectivity index (χ4n) is 3.12. The molecule has 0 aromatic heterocycles. The molecule has 21 heavy (non-hydrogen) atoms. The first kappa shape index (κ1) is 16.5. The minimum absolute atomic E-state index is 0.0502. The number of amides is 3. The lowest BCUT2D eigenvalue weighted by Gasteiger charge is -2.32. The molecule has 0 aromatic carbocycles. The predicted molar refractivity (Wildman–Crippen MR) is 86.5 cm³/mol. The van der Waals surface area contributed by atoms with E-state index in [-0.39, 0.29) is 24.0 Å². The van der Waals surface area contributed by atoms with Gasteiger partial charge >= 0.3 is 6.03 Å². The van der Waals surface area contributed by atoms with E-state index in [9.17, 15) is 9.59 Å². The summed E-state index contributed by atoms with van der Waals surface area (Å²) in [4.78, 5) is 24.0. The van der Waals surface area contributed by atoms with E-state index in [1.165, 1.54) is 19.3 Å². The van der Waals surface area contributed by atoms with E-state index in [1.54, 1.807) is 0 Å². The van der Waals surface area contributed by atoms with E-state index in [2.05, 4.69) is 22.9 Å². The van der Waals surface area contributed by atoms with Gasteiger partial charge in [-0.05, 0) is 37.9 Å². The highest BCUT2D eigenvalue weighted by Gasteiger charge is 2.28. The van der Waals surface area contributed by atoms with Gasteiger partial charge in [-0.25, -0.2) is 4.79 Å². The van der Waals surface area contributed by atoms with Gasteiger partial charge in [-0.15, -0.1) is 0 Å². The van der Waals surface area contributed by atoms with Crippen LogP contribution in [0.2, 0.25) is 0 Å². The summed E-state index contributed by atoms with van der Waals surface area (Å²) in [6, 6.07) is -0.337. The Morgan fingerprint density at radius 3 is 2.76 bits per heavy atom. The summed E-state index contributed by atoms with van der Waals surface area (Å²) in [7, 11) is 0. The molecule has 0 spiro atoms. The molecule has 0 radical (unpaired) electrons. The second-order valence-corrected chi connectivity index (χ2v) is 7.36. The van der Waals surface area contributed by atoms with E-state index < -0.39 is 0 Å². The molecule has 3 atom stereocenters. The molecule has 0 bridgehead atoms. The number of carbonyl (C=O) groups excluding carboxylic acids is 2. The molecule has 6 heteroatoms. The van der Waals surface area contributed by atoms with Gasteiger partial charge in [0, 0.05) is 17.8 Å². The van der Waals surface area contributed by atoms with E-state index >= 15 is 0 Å². The first-order valence-electron chi connectivity index (χ1n) is 8.17. The van der Waals surface area contributed by atoms with Crippen molar-refractivity contribution < 1.29 is 9.59 Å². The number of thioether (sulfide) groups is 1. The summed E-state index contributed by atoms with van der Waals surface area (Å²) in [5.74, 6) is 1.03. The summed E-state index contributed by atoms with van der Waals surface area (Å²) < 4.78 is 0. The van der Waals surface area contributed by atoms with Crippen LogP contribution in [0.5, 0.6) is 0 Å². The molecule has 120 valence electrons. The van der Waals surface area contributed by atoms with Crippen molar-refractivity contribution in [3.8, 4) is 0 Å². The monoisotopic (exact) mass is 313 g/mol. The Morgan fingerprint density at radius 1 is 1.19 bits per heavy atom. The number of carbonyl (C=O) groups is 2. The van der Waals surface area contributed by atoms with Gasteiger partial charge in [0.2, 0.25) is 5.91 Å². The highest BCUT2D eigenvalue weighted by molar-refractivity contribution is 7.99. The summed E-state index contributed by atoms with van der Waals surface area (Å²) in [6.07, 6.45) is 7.34. The molecule has 1 aliphatic heterocycles. The van der Waals surface area contributed by atoms with Crippen LogP contribution >= 0.6 is 11.8 Å². The molecule has 1 saturated heterocycles. The van der Waals surface area contributed by atoms with Crippen LogP contribution in [-0.4, -0.2) is 41.6 Å². The third-order valence-electron chi connectivity index (χ3n) is 4.24. The van der Waals surface area contributed by atoms with E-state index in [0.29, 0.717) is 5.25 Å². The van der Waals surface area contributed by atoms with Crippen LogP contribution in [0.25, 0.3) is 0 Å². The summed E-state index contributed by atoms with van der Waals surface area (Å²) in [5, 5.41) is 9.30.